The molecule has 10 aromatic carbocycles. The molecule has 2 unspecified atom stereocenters. The summed E-state index contributed by atoms with van der Waals surface area (Å²) in [5, 5.41) is 10.9. The fraction of sp³-hybridized carbons (Fsp3) is 0.136. The van der Waals surface area contributed by atoms with E-state index in [-0.39, 0.29) is 45.1 Å². The maximum atomic E-state index is 5.67. The van der Waals surface area contributed by atoms with Gasteiger partial charge in [-0.15, -0.1) is 0 Å². The number of halogens is 1. The van der Waals surface area contributed by atoms with Crippen molar-refractivity contribution in [1.82, 2.24) is 9.97 Å². The van der Waals surface area contributed by atoms with Crippen molar-refractivity contribution < 1.29 is 61.4 Å². The molecule has 0 aliphatic carbocycles. The summed E-state index contributed by atoms with van der Waals surface area (Å²) in [6, 6.07) is 108. The molecule has 13 rings (SSSR count). The third-order valence-corrected chi connectivity index (χ3v) is 20.5. The predicted octanol–water partition coefficient (Wildman–Crippen LogP) is 12.0. The van der Waals surface area contributed by atoms with Crippen LogP contribution in [-0.2, 0) is 16.2 Å². The molecule has 3 heterocycles. The van der Waals surface area contributed by atoms with Crippen molar-refractivity contribution in [2.45, 2.75) is 31.8 Å². The molecule has 2 atom stereocenters. The van der Waals surface area contributed by atoms with Gasteiger partial charge in [0.25, 0.3) is 0 Å². The molecule has 1 fully saturated rings. The van der Waals surface area contributed by atoms with Gasteiger partial charge in [0.05, 0.1) is 57.0 Å². The fourth-order valence-corrected chi connectivity index (χ4v) is 15.2. The zero-order valence-electron chi connectivity index (χ0n) is 54.4. The Morgan fingerprint density at radius 2 is 0.779 bits per heavy atom. The summed E-state index contributed by atoms with van der Waals surface area (Å²) in [7, 11) is 9.28. The Balaban J connectivity index is 0.000000215. The maximum Gasteiger partial charge on any atom is 1.00 e. The molecule has 2 aromatic heterocycles. The quantitative estimate of drug-likeness (QED) is 0.0511. The van der Waals surface area contributed by atoms with E-state index >= 15 is 0 Å². The van der Waals surface area contributed by atoms with E-state index in [1.807, 2.05) is 127 Å². The Hall–Kier alpha value is -6.95. The smallest absolute Gasteiger partial charge is 0.499 e. The van der Waals surface area contributed by atoms with Gasteiger partial charge in [-0.2, -0.15) is 21.2 Å². The molecular weight excluding hydrogens is 1300 g/mol. The van der Waals surface area contributed by atoms with E-state index in [4.69, 9.17) is 28.7 Å². The molecule has 474 valence electrons. The number of hydrogen-bond acceptors (Lipinski definition) is 7. The largest absolute Gasteiger partial charge is 1.00 e. The molecule has 14 heteroatoms. The Morgan fingerprint density at radius 3 is 1.23 bits per heavy atom. The topological polar surface area (TPSA) is 71.9 Å². The Morgan fingerprint density at radius 1 is 0.400 bits per heavy atom. The van der Waals surface area contributed by atoms with Crippen molar-refractivity contribution in [3.8, 4) is 45.5 Å². The van der Waals surface area contributed by atoms with Gasteiger partial charge >= 0.3 is 37.7 Å². The molecule has 0 radical (unpaired) electrons. The van der Waals surface area contributed by atoms with Crippen LogP contribution in [0.1, 0.15) is 31.7 Å². The van der Waals surface area contributed by atoms with E-state index in [0.29, 0.717) is 8.58 Å². The van der Waals surface area contributed by atoms with Crippen LogP contribution in [0.5, 0.6) is 23.0 Å². The van der Waals surface area contributed by atoms with Crippen molar-refractivity contribution in [3.05, 3.63) is 327 Å². The van der Waals surface area contributed by atoms with Crippen LogP contribution >= 0.6 is 49.6 Å². The van der Waals surface area contributed by atoms with Crippen LogP contribution in [0, 0.1) is 0 Å². The molecule has 12 aromatic rings. The van der Waals surface area contributed by atoms with E-state index in [0.717, 1.165) is 81.6 Å². The van der Waals surface area contributed by atoms with Gasteiger partial charge < -0.3 is 40.8 Å². The first-order valence-corrected chi connectivity index (χ1v) is 35.8. The van der Waals surface area contributed by atoms with Gasteiger partial charge in [-0.05, 0) is 79.9 Å². The Kier molecular flexibility index (Phi) is 38.3. The molecule has 95 heavy (non-hydrogen) atoms. The average molecular weight is 1380 g/mol. The van der Waals surface area contributed by atoms with Gasteiger partial charge in [-0.1, -0.05) is 299 Å². The number of ether oxygens (including phenoxy) is 5. The molecule has 0 amide bonds. The molecular formula is C81H81BrLi2N2O5P4. The van der Waals surface area contributed by atoms with Crippen molar-refractivity contribution in [2.24, 2.45) is 0 Å². The minimum Gasteiger partial charge on any atom is -0.499 e. The summed E-state index contributed by atoms with van der Waals surface area (Å²) >= 11 is 3.40. The number of benzene rings is 10. The van der Waals surface area contributed by atoms with Gasteiger partial charge in [-0.25, -0.2) is 0 Å². The number of pyridine rings is 2. The Labute approximate surface area is 604 Å². The minimum absolute atomic E-state index is 0. The zero-order valence-corrected chi connectivity index (χ0v) is 59.7. The van der Waals surface area contributed by atoms with Crippen LogP contribution in [0.15, 0.2) is 315 Å². The maximum absolute atomic E-state index is 5.67. The van der Waals surface area contributed by atoms with Crippen LogP contribution in [0.3, 0.4) is 0 Å². The molecule has 0 saturated carbocycles. The summed E-state index contributed by atoms with van der Waals surface area (Å²) in [6.07, 6.45) is 3.43. The monoisotopic (exact) mass is 1380 g/mol. The molecule has 0 spiro atoms. The first-order chi connectivity index (χ1) is 45.4. The van der Waals surface area contributed by atoms with Crippen LogP contribution in [0.25, 0.3) is 22.5 Å². The van der Waals surface area contributed by atoms with Crippen molar-refractivity contribution in [1.29, 1.82) is 0 Å². The molecule has 0 N–H and O–H groups in total. The summed E-state index contributed by atoms with van der Waals surface area (Å²) in [5.41, 5.74) is 6.51. The number of rotatable bonds is 17. The van der Waals surface area contributed by atoms with E-state index in [2.05, 4.69) is 209 Å². The number of aromatic nitrogens is 2. The number of methoxy groups -OCH3 is 4. The fourth-order valence-electron chi connectivity index (χ4n) is 9.26. The van der Waals surface area contributed by atoms with Gasteiger partial charge in [0.15, 0.2) is 0 Å². The number of para-hydroxylation sites is 4. The van der Waals surface area contributed by atoms with Crippen LogP contribution in [-0.4, -0.2) is 51.6 Å². The molecule has 7 nitrogen and oxygen atoms in total. The zero-order chi connectivity index (χ0) is 64.1. The number of nitrogens with zero attached hydrogens (tertiary/aromatic N) is 2. The summed E-state index contributed by atoms with van der Waals surface area (Å²) in [5.74, 6) is 3.81. The second-order valence-corrected chi connectivity index (χ2v) is 26.8. The second kappa shape index (κ2) is 46.3. The van der Waals surface area contributed by atoms with Gasteiger partial charge in [0, 0.05) is 52.1 Å². The van der Waals surface area contributed by atoms with E-state index in [1.165, 1.54) is 72.4 Å². The first kappa shape index (κ1) is 78.7. The van der Waals surface area contributed by atoms with Crippen LogP contribution in [0.2, 0.25) is 0 Å². The van der Waals surface area contributed by atoms with Crippen LogP contribution < -0.4 is 99.1 Å². The summed E-state index contributed by atoms with van der Waals surface area (Å²) < 4.78 is 26.6. The normalized spacial score (nSPS) is 11.3. The van der Waals surface area contributed by atoms with Gasteiger partial charge in [0.1, 0.15) is 11.5 Å². The van der Waals surface area contributed by atoms with Crippen LogP contribution in [0.4, 0.5) is 0 Å². The van der Waals surface area contributed by atoms with Crippen molar-refractivity contribution >= 4 is 92.0 Å². The first-order valence-electron chi connectivity index (χ1n) is 30.3. The Bertz CT molecular complexity index is 3780. The standard InChI is InChI=1S/C25H22NOP.C13H13OP.2C13H12OP.C12H10BrN.C4H8O.CH4.2Li/c1-27-24-17-8-9-18-25(24)28(22-14-6-3-7-15-22)19-21-13-10-16-23(26-21)20-11-4-2-5-12-20;3*1-14-12-9-5-6-10-13(12)15-11-7-3-2-4-8-11;13-9-11-7-4-8-12(14-11)10-5-2-1-3-6-10;1-2-4-5-3-1;;;/h2-18H,19H2,1H3;2-10,15H,1H3;2*2-10H,1H3;1-8H,9H2;1-4H2;1H4;;/q;;2*-1;;;;2*+1. The summed E-state index contributed by atoms with van der Waals surface area (Å²) in [4.78, 5) is 9.48. The predicted molar refractivity (Wildman–Crippen MR) is 406 cm³/mol. The summed E-state index contributed by atoms with van der Waals surface area (Å²) in [6.45, 7) is 2.00. The molecule has 1 saturated heterocycles. The van der Waals surface area contributed by atoms with Gasteiger partial charge in [-0.3, -0.25) is 9.97 Å². The average Bonchev–Trinajstić information content (AvgIpc) is 1.20. The van der Waals surface area contributed by atoms with Gasteiger partial charge in [0.2, 0.25) is 0 Å². The third kappa shape index (κ3) is 27.2. The number of alkyl halides is 1. The SMILES string of the molecule is BrCc1cccc(-c2ccccc2)n1.C.C1CCOC1.COc1ccccc1P(Cc1cccc(-c2ccccc2)n1)c1ccccc1.COc1ccccc1Pc1ccccc1.COc1ccccc1[P-]c1ccccc1.COc1ccccc1[P-]c1ccccc1.[Li+].[Li+]. The number of hydrogen-bond donors (Lipinski definition) is 0. The molecule has 1 aliphatic heterocycles. The van der Waals surface area contributed by atoms with Crippen molar-refractivity contribution in [2.75, 3.05) is 41.7 Å². The minimum atomic E-state index is -0.623. The van der Waals surface area contributed by atoms with E-state index in [1.54, 1.807) is 28.4 Å². The molecule has 0 bridgehead atoms. The third-order valence-electron chi connectivity index (χ3n) is 13.8. The van der Waals surface area contributed by atoms with E-state index in [9.17, 15) is 0 Å². The second-order valence-electron chi connectivity index (χ2n) is 20.2. The van der Waals surface area contributed by atoms with E-state index < -0.39 is 7.92 Å². The molecule has 1 aliphatic rings. The van der Waals surface area contributed by atoms with Crippen molar-refractivity contribution in [3.63, 3.8) is 0 Å².